The van der Waals surface area contributed by atoms with Crippen molar-refractivity contribution >= 4 is 29.0 Å². The topological polar surface area (TPSA) is 100 Å². The number of carbonyl (C=O) groups excluding carboxylic acids is 1. The molecule has 7 nitrogen and oxygen atoms in total. The third-order valence-electron chi connectivity index (χ3n) is 4.72. The van der Waals surface area contributed by atoms with E-state index in [1.165, 1.54) is 24.4 Å². The van der Waals surface area contributed by atoms with E-state index in [2.05, 4.69) is 25.6 Å². The molecule has 1 amide bonds. The zero-order chi connectivity index (χ0) is 21.1. The number of aromatic nitrogens is 3. The number of benzene rings is 1. The molecule has 0 unspecified atom stereocenters. The Balaban J connectivity index is 1.72. The molecule has 1 aromatic carbocycles. The van der Waals surface area contributed by atoms with E-state index in [0.717, 1.165) is 18.4 Å². The molecule has 1 fully saturated rings. The molecule has 0 saturated heterocycles. The van der Waals surface area contributed by atoms with Gasteiger partial charge in [0, 0.05) is 35.7 Å². The summed E-state index contributed by atoms with van der Waals surface area (Å²) in [6, 6.07) is 5.88. The number of rotatable bonds is 7. The van der Waals surface area contributed by atoms with E-state index in [1.54, 1.807) is 18.5 Å². The number of halogens is 2. The smallest absolute Gasteiger partial charge is 0.255 e. The van der Waals surface area contributed by atoms with Gasteiger partial charge in [0.1, 0.15) is 11.6 Å². The molecule has 0 bridgehead atoms. The van der Waals surface area contributed by atoms with Crippen LogP contribution in [0.25, 0.3) is 11.4 Å². The molecule has 1 aliphatic rings. The second kappa shape index (κ2) is 8.73. The van der Waals surface area contributed by atoms with E-state index in [0.29, 0.717) is 28.0 Å². The predicted molar refractivity (Wildman–Crippen MR) is 111 cm³/mol. The zero-order valence-electron chi connectivity index (χ0n) is 15.9. The number of pyridine rings is 1. The molecule has 0 aliphatic heterocycles. The van der Waals surface area contributed by atoms with Gasteiger partial charge in [-0.3, -0.25) is 9.78 Å². The molecular formula is C21H19ClFN5O2. The number of carbonyl (C=O) groups is 1. The van der Waals surface area contributed by atoms with Crippen LogP contribution < -0.4 is 10.6 Å². The van der Waals surface area contributed by atoms with Crippen LogP contribution in [0.3, 0.4) is 0 Å². The van der Waals surface area contributed by atoms with Crippen LogP contribution in [0.5, 0.6) is 0 Å². The van der Waals surface area contributed by atoms with Gasteiger partial charge in [0.25, 0.3) is 5.91 Å². The molecule has 0 atom stereocenters. The maximum absolute atomic E-state index is 14.3. The Labute approximate surface area is 177 Å². The Morgan fingerprint density at radius 2 is 2.10 bits per heavy atom. The lowest BCUT2D eigenvalue weighted by Crippen LogP contribution is -2.27. The fraction of sp³-hybridized carbons (Fsp3) is 0.238. The first kappa shape index (κ1) is 20.2. The first-order valence-electron chi connectivity index (χ1n) is 9.49. The number of amides is 1. The summed E-state index contributed by atoms with van der Waals surface area (Å²) in [5.74, 6) is 0.172. The highest BCUT2D eigenvalue weighted by molar-refractivity contribution is 6.30. The SMILES string of the molecule is O=C(NCCO)c1cnccc1Nc1nc(-c2cc(Cl)ccc2F)ncc1C1CC1. The third-order valence-corrected chi connectivity index (χ3v) is 4.95. The molecule has 1 aliphatic carbocycles. The van der Waals surface area contributed by atoms with E-state index >= 15 is 0 Å². The maximum Gasteiger partial charge on any atom is 0.255 e. The third kappa shape index (κ3) is 4.39. The van der Waals surface area contributed by atoms with Crippen LogP contribution in [0.1, 0.15) is 34.7 Å². The summed E-state index contributed by atoms with van der Waals surface area (Å²) in [6.07, 6.45) is 6.72. The van der Waals surface area contributed by atoms with Crippen LogP contribution >= 0.6 is 11.6 Å². The van der Waals surface area contributed by atoms with Gasteiger partial charge in [-0.05, 0) is 43.0 Å². The Bertz CT molecular complexity index is 1090. The molecule has 2 heterocycles. The average Bonchev–Trinajstić information content (AvgIpc) is 3.59. The van der Waals surface area contributed by atoms with Gasteiger partial charge >= 0.3 is 0 Å². The van der Waals surface area contributed by atoms with Gasteiger partial charge in [-0.15, -0.1) is 0 Å². The summed E-state index contributed by atoms with van der Waals surface area (Å²) >= 11 is 6.02. The van der Waals surface area contributed by atoms with E-state index in [4.69, 9.17) is 16.7 Å². The van der Waals surface area contributed by atoms with E-state index < -0.39 is 5.82 Å². The lowest BCUT2D eigenvalue weighted by atomic mass is 10.1. The van der Waals surface area contributed by atoms with Crippen LogP contribution in [-0.2, 0) is 0 Å². The van der Waals surface area contributed by atoms with Crippen molar-refractivity contribution in [3.05, 3.63) is 64.8 Å². The van der Waals surface area contributed by atoms with Crippen molar-refractivity contribution in [2.24, 2.45) is 0 Å². The average molecular weight is 428 g/mol. The van der Waals surface area contributed by atoms with Gasteiger partial charge in [0.15, 0.2) is 5.82 Å². The zero-order valence-corrected chi connectivity index (χ0v) is 16.7. The fourth-order valence-corrected chi connectivity index (χ4v) is 3.23. The standard InChI is InChI=1S/C21H19ClFN5O2/c22-13-3-4-17(23)14(9-13)19-26-11-15(12-1-2-12)20(28-19)27-18-5-6-24-10-16(18)21(30)25-7-8-29/h3-6,9-12,29H,1-2,7-8H2,(H,25,30)(H,24,26,27,28). The molecule has 154 valence electrons. The maximum atomic E-state index is 14.3. The van der Waals surface area contributed by atoms with Gasteiger partial charge in [-0.25, -0.2) is 14.4 Å². The highest BCUT2D eigenvalue weighted by atomic mass is 35.5. The fourth-order valence-electron chi connectivity index (χ4n) is 3.06. The van der Waals surface area contributed by atoms with Crippen molar-refractivity contribution < 1.29 is 14.3 Å². The minimum Gasteiger partial charge on any atom is -0.395 e. The van der Waals surface area contributed by atoms with Crippen LogP contribution in [0.4, 0.5) is 15.9 Å². The predicted octanol–water partition coefficient (Wildman–Crippen LogP) is 3.67. The van der Waals surface area contributed by atoms with Crippen LogP contribution in [0.2, 0.25) is 5.02 Å². The van der Waals surface area contributed by atoms with Gasteiger partial charge < -0.3 is 15.7 Å². The Kier molecular flexibility index (Phi) is 5.87. The lowest BCUT2D eigenvalue weighted by Gasteiger charge is -2.15. The summed E-state index contributed by atoms with van der Waals surface area (Å²) in [7, 11) is 0. The number of aliphatic hydroxyl groups excluding tert-OH is 1. The molecule has 2 aromatic heterocycles. The molecular weight excluding hydrogens is 409 g/mol. The molecule has 3 aromatic rings. The van der Waals surface area contributed by atoms with Crippen molar-refractivity contribution in [1.29, 1.82) is 0 Å². The number of hydrogen-bond acceptors (Lipinski definition) is 6. The number of hydrogen-bond donors (Lipinski definition) is 3. The lowest BCUT2D eigenvalue weighted by molar-refractivity contribution is 0.0945. The summed E-state index contributed by atoms with van der Waals surface area (Å²) in [6.45, 7) is -0.0345. The second-order valence-electron chi connectivity index (χ2n) is 6.92. The van der Waals surface area contributed by atoms with E-state index in [9.17, 15) is 9.18 Å². The first-order chi connectivity index (χ1) is 14.6. The van der Waals surface area contributed by atoms with Crippen molar-refractivity contribution in [2.75, 3.05) is 18.5 Å². The summed E-state index contributed by atoms with van der Waals surface area (Å²) < 4.78 is 14.3. The minimum absolute atomic E-state index is 0.131. The quantitative estimate of drug-likeness (QED) is 0.532. The van der Waals surface area contributed by atoms with Crippen molar-refractivity contribution in [2.45, 2.75) is 18.8 Å². The summed E-state index contributed by atoms with van der Waals surface area (Å²) in [4.78, 5) is 25.3. The highest BCUT2D eigenvalue weighted by Crippen LogP contribution is 2.43. The first-order valence-corrected chi connectivity index (χ1v) is 9.87. The van der Waals surface area contributed by atoms with Gasteiger partial charge in [0.05, 0.1) is 23.4 Å². The van der Waals surface area contributed by atoms with E-state index in [-0.39, 0.29) is 30.4 Å². The van der Waals surface area contributed by atoms with Gasteiger partial charge in [-0.1, -0.05) is 11.6 Å². The Morgan fingerprint density at radius 1 is 1.27 bits per heavy atom. The van der Waals surface area contributed by atoms with Gasteiger partial charge in [-0.2, -0.15) is 0 Å². The van der Waals surface area contributed by atoms with Crippen molar-refractivity contribution in [1.82, 2.24) is 20.3 Å². The number of nitrogens with one attached hydrogen (secondary N) is 2. The second-order valence-corrected chi connectivity index (χ2v) is 7.36. The molecule has 30 heavy (non-hydrogen) atoms. The Morgan fingerprint density at radius 3 is 2.87 bits per heavy atom. The largest absolute Gasteiger partial charge is 0.395 e. The normalized spacial score (nSPS) is 13.2. The molecule has 1 saturated carbocycles. The highest BCUT2D eigenvalue weighted by Gasteiger charge is 2.28. The monoisotopic (exact) mass is 427 g/mol. The van der Waals surface area contributed by atoms with Crippen molar-refractivity contribution in [3.8, 4) is 11.4 Å². The number of anilines is 2. The molecule has 9 heteroatoms. The minimum atomic E-state index is -0.475. The van der Waals surface area contributed by atoms with Crippen LogP contribution in [0.15, 0.2) is 42.9 Å². The molecule has 0 radical (unpaired) electrons. The molecule has 4 rings (SSSR count). The summed E-state index contributed by atoms with van der Waals surface area (Å²) in [5.41, 5.74) is 1.91. The Hall–Kier alpha value is -3.10. The molecule has 0 spiro atoms. The number of aliphatic hydroxyl groups is 1. The van der Waals surface area contributed by atoms with Gasteiger partial charge in [0.2, 0.25) is 0 Å². The number of nitrogens with zero attached hydrogens (tertiary/aromatic N) is 3. The summed E-state index contributed by atoms with van der Waals surface area (Å²) in [5, 5.41) is 15.1. The van der Waals surface area contributed by atoms with Crippen LogP contribution in [0, 0.1) is 5.82 Å². The van der Waals surface area contributed by atoms with E-state index in [1.807, 2.05) is 0 Å². The van der Waals surface area contributed by atoms with Crippen LogP contribution in [-0.4, -0.2) is 39.1 Å². The van der Waals surface area contributed by atoms with Crippen molar-refractivity contribution in [3.63, 3.8) is 0 Å². The molecule has 3 N–H and O–H groups in total.